The molecule has 0 aliphatic carbocycles. The average molecular weight is 429 g/mol. The largest absolute Gasteiger partial charge is 0.353 e. The van der Waals surface area contributed by atoms with Crippen molar-refractivity contribution < 1.29 is 4.79 Å². The van der Waals surface area contributed by atoms with Crippen molar-refractivity contribution in [2.45, 2.75) is 40.2 Å². The van der Waals surface area contributed by atoms with Crippen LogP contribution in [0.1, 0.15) is 37.0 Å². The van der Waals surface area contributed by atoms with Crippen LogP contribution in [0.2, 0.25) is 5.02 Å². The molecule has 3 rings (SSSR count). The molecule has 1 saturated heterocycles. The summed E-state index contributed by atoms with van der Waals surface area (Å²) >= 11 is 6.03. The predicted molar refractivity (Wildman–Crippen MR) is 124 cm³/mol. The van der Waals surface area contributed by atoms with E-state index in [1.165, 1.54) is 11.1 Å². The number of piperazine rings is 1. The highest BCUT2D eigenvalue weighted by molar-refractivity contribution is 6.30. The normalized spacial score (nSPS) is 14.4. The number of benzene rings is 1. The maximum absolute atomic E-state index is 12.7. The highest BCUT2D eigenvalue weighted by Crippen LogP contribution is 2.21. The zero-order valence-electron chi connectivity index (χ0n) is 18.4. The number of aromatic nitrogens is 1. The Kier molecular flexibility index (Phi) is 8.11. The van der Waals surface area contributed by atoms with Gasteiger partial charge in [0.05, 0.1) is 0 Å². The lowest BCUT2D eigenvalue weighted by Crippen LogP contribution is -2.49. The van der Waals surface area contributed by atoms with Gasteiger partial charge in [-0.2, -0.15) is 0 Å². The lowest BCUT2D eigenvalue weighted by Gasteiger charge is -2.36. The summed E-state index contributed by atoms with van der Waals surface area (Å²) in [5.74, 6) is 1.29. The molecule has 0 saturated carbocycles. The van der Waals surface area contributed by atoms with E-state index in [0.29, 0.717) is 6.42 Å². The van der Waals surface area contributed by atoms with Crippen LogP contribution in [0, 0.1) is 6.92 Å². The van der Waals surface area contributed by atoms with E-state index in [4.69, 9.17) is 11.6 Å². The second kappa shape index (κ2) is 10.8. The number of aryl methyl sites for hydroxylation is 2. The molecule has 6 heteroatoms. The quantitative estimate of drug-likeness (QED) is 0.632. The van der Waals surface area contributed by atoms with Gasteiger partial charge in [0.1, 0.15) is 5.82 Å². The number of halogens is 1. The lowest BCUT2D eigenvalue weighted by molar-refractivity contribution is -0.131. The van der Waals surface area contributed by atoms with Crippen molar-refractivity contribution in [2.24, 2.45) is 0 Å². The van der Waals surface area contributed by atoms with E-state index in [1.54, 1.807) is 0 Å². The summed E-state index contributed by atoms with van der Waals surface area (Å²) in [5.41, 5.74) is 3.61. The minimum Gasteiger partial charge on any atom is -0.353 e. The zero-order chi connectivity index (χ0) is 21.5. The van der Waals surface area contributed by atoms with E-state index >= 15 is 0 Å². The van der Waals surface area contributed by atoms with Crippen LogP contribution < -0.4 is 4.90 Å². The van der Waals surface area contributed by atoms with E-state index in [0.717, 1.165) is 68.6 Å². The van der Waals surface area contributed by atoms with Gasteiger partial charge in [0.25, 0.3) is 0 Å². The van der Waals surface area contributed by atoms with Gasteiger partial charge in [-0.15, -0.1) is 0 Å². The average Bonchev–Trinajstić information content (AvgIpc) is 2.77. The molecule has 1 aromatic heterocycles. The second-order valence-electron chi connectivity index (χ2n) is 7.89. The SMILES string of the molecule is CCN(CC)Cc1cccnc1N1CCN(C(=O)CCc2ccc(Cl)cc2C)CC1. The number of pyridine rings is 1. The van der Waals surface area contributed by atoms with Crippen LogP contribution in [0.4, 0.5) is 5.82 Å². The molecule has 162 valence electrons. The van der Waals surface area contributed by atoms with Gasteiger partial charge >= 0.3 is 0 Å². The molecule has 2 aromatic rings. The van der Waals surface area contributed by atoms with Crippen LogP contribution in [0.15, 0.2) is 36.5 Å². The summed E-state index contributed by atoms with van der Waals surface area (Å²) in [7, 11) is 0. The molecule has 0 spiro atoms. The molecule has 1 amide bonds. The zero-order valence-corrected chi connectivity index (χ0v) is 19.2. The Bertz CT molecular complexity index is 845. The van der Waals surface area contributed by atoms with Gasteiger partial charge < -0.3 is 9.80 Å². The van der Waals surface area contributed by atoms with Crippen LogP contribution in [0.5, 0.6) is 0 Å². The van der Waals surface area contributed by atoms with Crippen LogP contribution in [0.3, 0.4) is 0 Å². The number of hydrogen-bond donors (Lipinski definition) is 0. The summed E-state index contributed by atoms with van der Waals surface area (Å²) in [6.07, 6.45) is 3.17. The van der Waals surface area contributed by atoms with Crippen molar-refractivity contribution in [1.29, 1.82) is 0 Å². The number of carbonyl (C=O) groups is 1. The van der Waals surface area contributed by atoms with Gasteiger partial charge in [-0.3, -0.25) is 9.69 Å². The fraction of sp³-hybridized carbons (Fsp3) is 0.500. The minimum atomic E-state index is 0.230. The molecule has 1 aliphatic rings. The van der Waals surface area contributed by atoms with E-state index in [2.05, 4.69) is 34.7 Å². The van der Waals surface area contributed by atoms with Crippen molar-refractivity contribution in [3.63, 3.8) is 0 Å². The topological polar surface area (TPSA) is 39.7 Å². The summed E-state index contributed by atoms with van der Waals surface area (Å²) in [6, 6.07) is 10.1. The molecule has 5 nitrogen and oxygen atoms in total. The summed E-state index contributed by atoms with van der Waals surface area (Å²) in [6.45, 7) is 12.6. The van der Waals surface area contributed by atoms with Crippen molar-refractivity contribution >= 4 is 23.3 Å². The molecule has 1 aromatic carbocycles. The molecule has 1 aliphatic heterocycles. The molecule has 0 radical (unpaired) electrons. The van der Waals surface area contributed by atoms with Crippen LogP contribution >= 0.6 is 11.6 Å². The van der Waals surface area contributed by atoms with Gasteiger partial charge in [-0.25, -0.2) is 4.98 Å². The van der Waals surface area contributed by atoms with Crippen LogP contribution in [0.25, 0.3) is 0 Å². The Morgan fingerprint density at radius 1 is 1.10 bits per heavy atom. The van der Waals surface area contributed by atoms with Gasteiger partial charge in [-0.1, -0.05) is 37.6 Å². The first kappa shape index (κ1) is 22.6. The van der Waals surface area contributed by atoms with Crippen molar-refractivity contribution in [3.05, 3.63) is 58.2 Å². The first-order valence-corrected chi connectivity index (χ1v) is 11.3. The Labute approximate surface area is 185 Å². The lowest BCUT2D eigenvalue weighted by atomic mass is 10.0. The number of nitrogens with zero attached hydrogens (tertiary/aromatic N) is 4. The van der Waals surface area contributed by atoms with Gasteiger partial charge in [0, 0.05) is 55.9 Å². The third-order valence-corrected chi connectivity index (χ3v) is 6.24. The molecule has 0 N–H and O–H groups in total. The van der Waals surface area contributed by atoms with Crippen molar-refractivity contribution in [1.82, 2.24) is 14.8 Å². The highest BCUT2D eigenvalue weighted by atomic mass is 35.5. The Morgan fingerprint density at radius 3 is 2.50 bits per heavy atom. The maximum atomic E-state index is 12.7. The van der Waals surface area contributed by atoms with E-state index < -0.39 is 0 Å². The molecular weight excluding hydrogens is 396 g/mol. The maximum Gasteiger partial charge on any atom is 0.223 e. The summed E-state index contributed by atoms with van der Waals surface area (Å²) in [5, 5.41) is 0.744. The van der Waals surface area contributed by atoms with E-state index in [9.17, 15) is 4.79 Å². The molecular formula is C24H33ClN4O. The number of hydrogen-bond acceptors (Lipinski definition) is 4. The molecule has 30 heavy (non-hydrogen) atoms. The highest BCUT2D eigenvalue weighted by Gasteiger charge is 2.23. The van der Waals surface area contributed by atoms with Gasteiger partial charge in [0.15, 0.2) is 0 Å². The molecule has 1 fully saturated rings. The number of anilines is 1. The van der Waals surface area contributed by atoms with Crippen molar-refractivity contribution in [3.8, 4) is 0 Å². The molecule has 2 heterocycles. The van der Waals surface area contributed by atoms with Gasteiger partial charge in [0.2, 0.25) is 5.91 Å². The fourth-order valence-corrected chi connectivity index (χ4v) is 4.26. The Morgan fingerprint density at radius 2 is 1.83 bits per heavy atom. The van der Waals surface area contributed by atoms with E-state index in [-0.39, 0.29) is 5.91 Å². The fourth-order valence-electron chi connectivity index (χ4n) is 4.03. The first-order valence-electron chi connectivity index (χ1n) is 11.0. The number of carbonyl (C=O) groups excluding carboxylic acids is 1. The standard InChI is InChI=1S/C24H33ClN4O/c1-4-27(5-2)18-21-7-6-12-26-24(21)29-15-13-28(14-16-29)23(30)11-9-20-8-10-22(25)17-19(20)3/h6-8,10,12,17H,4-5,9,11,13-16,18H2,1-3H3. The Hall–Kier alpha value is -2.11. The third-order valence-electron chi connectivity index (χ3n) is 6.00. The van der Waals surface area contributed by atoms with E-state index in [1.807, 2.05) is 42.3 Å². The molecule has 0 bridgehead atoms. The van der Waals surface area contributed by atoms with Gasteiger partial charge in [-0.05, 0) is 55.8 Å². The minimum absolute atomic E-state index is 0.230. The second-order valence-corrected chi connectivity index (χ2v) is 8.32. The summed E-state index contributed by atoms with van der Waals surface area (Å²) < 4.78 is 0. The van der Waals surface area contributed by atoms with Crippen molar-refractivity contribution in [2.75, 3.05) is 44.2 Å². The smallest absolute Gasteiger partial charge is 0.223 e. The monoisotopic (exact) mass is 428 g/mol. The Balaban J connectivity index is 1.55. The van der Waals surface area contributed by atoms with Crippen LogP contribution in [-0.2, 0) is 17.8 Å². The van der Waals surface area contributed by atoms with Crippen LogP contribution in [-0.4, -0.2) is 60.0 Å². The molecule has 0 unspecified atom stereocenters. The number of amides is 1. The predicted octanol–water partition coefficient (Wildman–Crippen LogP) is 4.17. The molecule has 0 atom stereocenters. The first-order chi connectivity index (χ1) is 14.5. The third kappa shape index (κ3) is 5.73. The summed E-state index contributed by atoms with van der Waals surface area (Å²) in [4.78, 5) is 24.1. The number of rotatable bonds is 8.